The molecule has 1 heterocycles. The van der Waals surface area contributed by atoms with Gasteiger partial charge in [0.15, 0.2) is 0 Å². The van der Waals surface area contributed by atoms with E-state index in [-0.39, 0.29) is 5.54 Å². The summed E-state index contributed by atoms with van der Waals surface area (Å²) in [7, 11) is 0. The van der Waals surface area contributed by atoms with Crippen LogP contribution in [0.1, 0.15) is 11.1 Å². The predicted molar refractivity (Wildman–Crippen MR) is 81.0 cm³/mol. The third-order valence-corrected chi connectivity index (χ3v) is 3.84. The van der Waals surface area contributed by atoms with Crippen molar-refractivity contribution in [1.82, 2.24) is 4.90 Å². The fourth-order valence-corrected chi connectivity index (χ4v) is 2.52. The highest BCUT2D eigenvalue weighted by atomic mass is 16.5. The summed E-state index contributed by atoms with van der Waals surface area (Å²) >= 11 is 0. The molecule has 2 aromatic carbocycles. The van der Waals surface area contributed by atoms with Crippen molar-refractivity contribution in [2.45, 2.75) is 18.6 Å². The van der Waals surface area contributed by atoms with Crippen LogP contribution in [0.4, 0.5) is 0 Å². The van der Waals surface area contributed by atoms with Gasteiger partial charge in [-0.05, 0) is 18.1 Å². The third-order valence-electron chi connectivity index (χ3n) is 3.84. The smallest absolute Gasteiger partial charge is 0.0685 e. The number of hydrogen-bond acceptors (Lipinski definition) is 2. The zero-order valence-electron chi connectivity index (χ0n) is 11.7. The normalized spacial score (nSPS) is 16.9. The van der Waals surface area contributed by atoms with Crippen molar-refractivity contribution in [3.05, 3.63) is 78.7 Å². The minimum atomic E-state index is -0.0916. The molecule has 0 aromatic heterocycles. The molecule has 103 valence electrons. The monoisotopic (exact) mass is 266 g/mol. The van der Waals surface area contributed by atoms with E-state index in [1.54, 1.807) is 0 Å². The van der Waals surface area contributed by atoms with Crippen LogP contribution in [0.3, 0.4) is 0 Å². The second kappa shape index (κ2) is 5.78. The third kappa shape index (κ3) is 2.92. The van der Waals surface area contributed by atoms with Crippen molar-refractivity contribution in [2.24, 2.45) is 0 Å². The van der Waals surface area contributed by atoms with Gasteiger partial charge in [0.1, 0.15) is 0 Å². The Hall–Kier alpha value is -1.64. The molecule has 1 aliphatic rings. The van der Waals surface area contributed by atoms with Crippen LogP contribution in [0.5, 0.6) is 0 Å². The van der Waals surface area contributed by atoms with Gasteiger partial charge in [0.2, 0.25) is 0 Å². The summed E-state index contributed by atoms with van der Waals surface area (Å²) in [6.07, 6.45) is 0. The maximum Gasteiger partial charge on any atom is 0.0685 e. The second-order valence-corrected chi connectivity index (χ2v) is 5.54. The fourth-order valence-electron chi connectivity index (χ4n) is 2.52. The van der Waals surface area contributed by atoms with Gasteiger partial charge in [0.05, 0.1) is 18.8 Å². The maximum absolute atomic E-state index is 5.39. The molecular formula is C18H20NO. The number of hydrogen-bond donors (Lipinski definition) is 0. The lowest BCUT2D eigenvalue weighted by atomic mass is 9.96. The average molecular weight is 266 g/mol. The van der Waals surface area contributed by atoms with E-state index in [9.17, 15) is 0 Å². The molecule has 2 aromatic rings. The van der Waals surface area contributed by atoms with Gasteiger partial charge >= 0.3 is 0 Å². The molecule has 1 saturated heterocycles. The van der Waals surface area contributed by atoms with E-state index in [4.69, 9.17) is 4.74 Å². The molecule has 0 N–H and O–H groups in total. The lowest BCUT2D eigenvalue weighted by Crippen LogP contribution is -2.59. The van der Waals surface area contributed by atoms with Gasteiger partial charge in [0.25, 0.3) is 0 Å². The van der Waals surface area contributed by atoms with Crippen LogP contribution in [0, 0.1) is 6.92 Å². The molecule has 3 rings (SSSR count). The van der Waals surface area contributed by atoms with Gasteiger partial charge in [-0.2, -0.15) is 0 Å². The molecule has 1 radical (unpaired) electrons. The first-order valence-corrected chi connectivity index (χ1v) is 7.02. The molecule has 1 fully saturated rings. The van der Waals surface area contributed by atoms with Gasteiger partial charge < -0.3 is 4.74 Å². The van der Waals surface area contributed by atoms with Crippen molar-refractivity contribution < 1.29 is 4.74 Å². The highest BCUT2D eigenvalue weighted by molar-refractivity contribution is 5.19. The zero-order chi connectivity index (χ0) is 13.8. The van der Waals surface area contributed by atoms with E-state index in [0.29, 0.717) is 13.2 Å². The fraction of sp³-hybridized carbons (Fsp3) is 0.278. The predicted octanol–water partition coefficient (Wildman–Crippen LogP) is 3.29. The Morgan fingerprint density at radius 2 is 1.30 bits per heavy atom. The average Bonchev–Trinajstić information content (AvgIpc) is 2.46. The summed E-state index contributed by atoms with van der Waals surface area (Å²) in [6, 6.07) is 21.1. The zero-order valence-corrected chi connectivity index (χ0v) is 11.7. The first-order valence-electron chi connectivity index (χ1n) is 7.02. The van der Waals surface area contributed by atoms with Crippen molar-refractivity contribution >= 4 is 0 Å². The Bertz CT molecular complexity index is 492. The van der Waals surface area contributed by atoms with Gasteiger partial charge in [-0.1, -0.05) is 60.7 Å². The molecule has 1 aliphatic heterocycles. The molecule has 20 heavy (non-hydrogen) atoms. The van der Waals surface area contributed by atoms with Crippen LogP contribution >= 0.6 is 0 Å². The van der Waals surface area contributed by atoms with Gasteiger partial charge in [-0.3, -0.25) is 4.90 Å². The number of benzene rings is 2. The molecule has 0 unspecified atom stereocenters. The van der Waals surface area contributed by atoms with E-state index in [0.717, 1.165) is 13.1 Å². The Labute approximate surface area is 121 Å². The minimum Gasteiger partial charge on any atom is -0.377 e. The molecule has 0 bridgehead atoms. The first-order chi connectivity index (χ1) is 9.76. The maximum atomic E-state index is 5.39. The van der Waals surface area contributed by atoms with E-state index < -0.39 is 0 Å². The summed E-state index contributed by atoms with van der Waals surface area (Å²) in [5, 5.41) is 0. The Morgan fingerprint density at radius 1 is 0.850 bits per heavy atom. The summed E-state index contributed by atoms with van der Waals surface area (Å²) in [4.78, 5) is 2.42. The SMILES string of the molecule is [CH2]C1(N(Cc2ccccc2)Cc2ccccc2)COC1. The van der Waals surface area contributed by atoms with Gasteiger partial charge in [0, 0.05) is 13.1 Å². The lowest BCUT2D eigenvalue weighted by Gasteiger charge is -2.47. The number of nitrogens with zero attached hydrogens (tertiary/aromatic N) is 1. The standard InChI is InChI=1S/C18H20NO/c1-18(14-20-15-18)19(12-16-8-4-2-5-9-16)13-17-10-6-3-7-11-17/h2-11H,1,12-15H2. The molecule has 0 aliphatic carbocycles. The molecule has 0 amide bonds. The Balaban J connectivity index is 1.77. The van der Waals surface area contributed by atoms with Gasteiger partial charge in [-0.15, -0.1) is 0 Å². The molecule has 0 saturated carbocycles. The molecule has 2 heteroatoms. The van der Waals surface area contributed by atoms with Crippen molar-refractivity contribution in [3.63, 3.8) is 0 Å². The molecule has 2 nitrogen and oxygen atoms in total. The highest BCUT2D eigenvalue weighted by Gasteiger charge is 2.39. The van der Waals surface area contributed by atoms with E-state index >= 15 is 0 Å². The quantitative estimate of drug-likeness (QED) is 0.823. The summed E-state index contributed by atoms with van der Waals surface area (Å²) in [5.41, 5.74) is 2.54. The van der Waals surface area contributed by atoms with Crippen LogP contribution in [-0.4, -0.2) is 23.7 Å². The summed E-state index contributed by atoms with van der Waals surface area (Å²) in [6.45, 7) is 7.61. The molecule has 0 spiro atoms. The van der Waals surface area contributed by atoms with Crippen LogP contribution in [-0.2, 0) is 17.8 Å². The lowest BCUT2D eigenvalue weighted by molar-refractivity contribution is -0.121. The Kier molecular flexibility index (Phi) is 3.86. The van der Waals surface area contributed by atoms with Crippen molar-refractivity contribution in [2.75, 3.05) is 13.2 Å². The highest BCUT2D eigenvalue weighted by Crippen LogP contribution is 2.27. The van der Waals surface area contributed by atoms with Crippen LogP contribution in [0.25, 0.3) is 0 Å². The minimum absolute atomic E-state index is 0.0916. The van der Waals surface area contributed by atoms with Crippen LogP contribution < -0.4 is 0 Å². The molecule has 0 atom stereocenters. The largest absolute Gasteiger partial charge is 0.377 e. The van der Waals surface area contributed by atoms with E-state index in [1.165, 1.54) is 11.1 Å². The topological polar surface area (TPSA) is 12.5 Å². The van der Waals surface area contributed by atoms with Gasteiger partial charge in [-0.25, -0.2) is 0 Å². The van der Waals surface area contributed by atoms with Crippen molar-refractivity contribution in [3.8, 4) is 0 Å². The number of rotatable bonds is 5. The van der Waals surface area contributed by atoms with Crippen LogP contribution in [0.15, 0.2) is 60.7 Å². The molecular weight excluding hydrogens is 246 g/mol. The first kappa shape index (κ1) is 13.3. The van der Waals surface area contributed by atoms with E-state index in [1.807, 2.05) is 0 Å². The Morgan fingerprint density at radius 3 is 1.65 bits per heavy atom. The number of ether oxygens (including phenoxy) is 1. The van der Waals surface area contributed by atoms with Crippen LogP contribution in [0.2, 0.25) is 0 Å². The second-order valence-electron chi connectivity index (χ2n) is 5.54. The van der Waals surface area contributed by atoms with E-state index in [2.05, 4.69) is 72.5 Å². The summed E-state index contributed by atoms with van der Waals surface area (Å²) < 4.78 is 5.39. The summed E-state index contributed by atoms with van der Waals surface area (Å²) in [5.74, 6) is 0. The van der Waals surface area contributed by atoms with Crippen molar-refractivity contribution in [1.29, 1.82) is 0 Å².